The number of Topliss-reactive ketones (excluding diaryl/α,β-unsaturated/α-hetero) is 1. The van der Waals surface area contributed by atoms with E-state index in [9.17, 15) is 14.9 Å². The zero-order chi connectivity index (χ0) is 25.9. The molecule has 0 radical (unpaired) electrons. The van der Waals surface area contributed by atoms with Crippen LogP contribution in [0.3, 0.4) is 0 Å². The van der Waals surface area contributed by atoms with E-state index in [1.807, 2.05) is 60.0 Å². The Bertz CT molecular complexity index is 1550. The average Bonchev–Trinajstić information content (AvgIpc) is 3.24. The summed E-state index contributed by atoms with van der Waals surface area (Å²) < 4.78 is 3.23. The fourth-order valence-electron chi connectivity index (χ4n) is 5.13. The molecule has 8 heteroatoms. The zero-order valence-electron chi connectivity index (χ0n) is 20.9. The minimum absolute atomic E-state index is 0.00963. The van der Waals surface area contributed by atoms with Crippen molar-refractivity contribution < 1.29 is 4.79 Å². The van der Waals surface area contributed by atoms with E-state index < -0.39 is 0 Å². The topological polar surface area (TPSA) is 110 Å². The number of piperidine rings is 1. The van der Waals surface area contributed by atoms with Gasteiger partial charge in [0.15, 0.2) is 5.78 Å². The first-order valence-electron chi connectivity index (χ1n) is 12.7. The highest BCUT2D eigenvalue weighted by molar-refractivity contribution is 5.96. The summed E-state index contributed by atoms with van der Waals surface area (Å²) in [5, 5.41) is 10.2. The molecule has 0 unspecified atom stereocenters. The quantitative estimate of drug-likeness (QED) is 0.394. The summed E-state index contributed by atoms with van der Waals surface area (Å²) in [5.41, 5.74) is 9.61. The summed E-state index contributed by atoms with van der Waals surface area (Å²) in [7, 11) is 0. The number of nitriles is 1. The maximum absolute atomic E-state index is 13.9. The normalized spacial score (nSPS) is 15.6. The molecular formula is C29H30N6O2. The van der Waals surface area contributed by atoms with Crippen molar-refractivity contribution in [2.75, 3.05) is 18.0 Å². The van der Waals surface area contributed by atoms with Crippen LogP contribution < -0.4 is 16.2 Å². The number of nitrogens with two attached hydrogens (primary N) is 1. The number of anilines is 1. The summed E-state index contributed by atoms with van der Waals surface area (Å²) in [4.78, 5) is 33.6. The second kappa shape index (κ2) is 10.4. The molecule has 0 aliphatic carbocycles. The first-order valence-corrected chi connectivity index (χ1v) is 12.7. The molecule has 2 N–H and O–H groups in total. The Morgan fingerprint density at radius 3 is 2.68 bits per heavy atom. The third-order valence-electron chi connectivity index (χ3n) is 7.02. The van der Waals surface area contributed by atoms with Crippen molar-refractivity contribution in [2.45, 2.75) is 45.3 Å². The minimum Gasteiger partial charge on any atom is -0.355 e. The monoisotopic (exact) mass is 494 g/mol. The molecule has 1 aliphatic heterocycles. The van der Waals surface area contributed by atoms with Crippen LogP contribution in [0, 0.1) is 11.3 Å². The molecule has 2 aromatic heterocycles. The largest absolute Gasteiger partial charge is 0.355 e. The number of nitrogens with zero attached hydrogens (tertiary/aromatic N) is 5. The molecule has 1 fully saturated rings. The molecule has 37 heavy (non-hydrogen) atoms. The van der Waals surface area contributed by atoms with Crippen LogP contribution in [-0.4, -0.2) is 39.0 Å². The number of fused-ring (bicyclic) bond motifs is 1. The number of aromatic nitrogens is 3. The highest BCUT2D eigenvalue weighted by atomic mass is 16.1. The van der Waals surface area contributed by atoms with Gasteiger partial charge in [0.05, 0.1) is 12.9 Å². The van der Waals surface area contributed by atoms with Crippen LogP contribution >= 0.6 is 0 Å². The third-order valence-corrected chi connectivity index (χ3v) is 7.02. The molecule has 4 aromatic rings. The summed E-state index contributed by atoms with van der Waals surface area (Å²) in [6.45, 7) is 3.64. The first-order chi connectivity index (χ1) is 18.0. The van der Waals surface area contributed by atoms with Crippen molar-refractivity contribution in [3.05, 3.63) is 93.5 Å². The predicted octanol–water partition coefficient (Wildman–Crippen LogP) is 3.49. The fourth-order valence-corrected chi connectivity index (χ4v) is 5.13. The van der Waals surface area contributed by atoms with Crippen LogP contribution in [0.1, 0.15) is 46.8 Å². The number of aryl methyl sites for hydroxylation is 1. The summed E-state index contributed by atoms with van der Waals surface area (Å²) >= 11 is 0. The number of ketones is 1. The minimum atomic E-state index is -0.343. The molecule has 188 valence electrons. The van der Waals surface area contributed by atoms with Gasteiger partial charge in [-0.3, -0.25) is 14.2 Å². The molecule has 0 saturated carbocycles. The molecule has 1 saturated heterocycles. The van der Waals surface area contributed by atoms with E-state index in [0.717, 1.165) is 36.9 Å². The number of carbonyl (C=O) groups is 1. The zero-order valence-corrected chi connectivity index (χ0v) is 20.9. The van der Waals surface area contributed by atoms with Crippen molar-refractivity contribution in [2.24, 2.45) is 5.73 Å². The lowest BCUT2D eigenvalue weighted by Gasteiger charge is -2.33. The molecule has 8 nitrogen and oxygen atoms in total. The second-order valence-corrected chi connectivity index (χ2v) is 9.58. The number of rotatable bonds is 7. The van der Waals surface area contributed by atoms with Gasteiger partial charge in [-0.25, -0.2) is 4.98 Å². The van der Waals surface area contributed by atoms with Gasteiger partial charge >= 0.3 is 0 Å². The lowest BCUT2D eigenvalue weighted by atomic mass is 10.1. The number of carbonyl (C=O) groups excluding carboxylic acids is 1. The van der Waals surface area contributed by atoms with Crippen molar-refractivity contribution >= 4 is 22.6 Å². The molecule has 1 aliphatic rings. The highest BCUT2D eigenvalue weighted by Crippen LogP contribution is 2.32. The molecule has 3 heterocycles. The Morgan fingerprint density at radius 2 is 1.95 bits per heavy atom. The van der Waals surface area contributed by atoms with Crippen LogP contribution in [0.5, 0.6) is 0 Å². The molecule has 1 atom stereocenters. The number of hydrogen-bond acceptors (Lipinski definition) is 6. The van der Waals surface area contributed by atoms with Crippen LogP contribution in [0.2, 0.25) is 0 Å². The first kappa shape index (κ1) is 24.5. The Labute approximate surface area is 215 Å². The lowest BCUT2D eigenvalue weighted by molar-refractivity contribution is 0.0970. The van der Waals surface area contributed by atoms with Gasteiger partial charge < -0.3 is 15.2 Å². The number of benzene rings is 2. The van der Waals surface area contributed by atoms with Gasteiger partial charge in [-0.15, -0.1) is 0 Å². The smallest absolute Gasteiger partial charge is 0.278 e. The Balaban J connectivity index is 1.64. The highest BCUT2D eigenvalue weighted by Gasteiger charge is 2.28. The van der Waals surface area contributed by atoms with E-state index in [2.05, 4.69) is 16.0 Å². The summed E-state index contributed by atoms with van der Waals surface area (Å²) in [6, 6.07) is 19.6. The van der Waals surface area contributed by atoms with Crippen LogP contribution in [0.25, 0.3) is 11.0 Å². The van der Waals surface area contributed by atoms with E-state index in [1.165, 1.54) is 10.9 Å². The van der Waals surface area contributed by atoms with E-state index in [-0.39, 0.29) is 23.9 Å². The van der Waals surface area contributed by atoms with Gasteiger partial charge in [-0.05, 0) is 36.5 Å². The fraction of sp³-hybridized carbons (Fsp3) is 0.310. The van der Waals surface area contributed by atoms with Crippen LogP contribution in [-0.2, 0) is 19.5 Å². The molecular weight excluding hydrogens is 464 g/mol. The van der Waals surface area contributed by atoms with Crippen LogP contribution in [0.4, 0.5) is 5.82 Å². The van der Waals surface area contributed by atoms with Crippen molar-refractivity contribution in [1.82, 2.24) is 14.1 Å². The molecule has 5 rings (SSSR count). The SMILES string of the molecule is CCc1cccc(C(=O)Cn2cnc3c(C#N)c(N4CCC[C@H](N)C4)n(Cc4ccccc4)c3c2=O)c1. The maximum atomic E-state index is 13.9. The Hall–Kier alpha value is -4.22. The molecule has 0 bridgehead atoms. The molecule has 0 amide bonds. The van der Waals surface area contributed by atoms with Gasteiger partial charge in [-0.2, -0.15) is 5.26 Å². The van der Waals surface area contributed by atoms with Crippen molar-refractivity contribution in [1.29, 1.82) is 5.26 Å². The average molecular weight is 495 g/mol. The van der Waals surface area contributed by atoms with Gasteiger partial charge in [0, 0.05) is 31.2 Å². The number of hydrogen-bond donors (Lipinski definition) is 1. The van der Waals surface area contributed by atoms with Gasteiger partial charge in [0.2, 0.25) is 0 Å². The maximum Gasteiger partial charge on any atom is 0.278 e. The third kappa shape index (κ3) is 4.78. The summed E-state index contributed by atoms with van der Waals surface area (Å²) in [5.74, 6) is 0.503. The molecule has 0 spiro atoms. The Kier molecular flexibility index (Phi) is 6.89. The van der Waals surface area contributed by atoms with E-state index >= 15 is 0 Å². The van der Waals surface area contributed by atoms with Gasteiger partial charge in [0.25, 0.3) is 5.56 Å². The Morgan fingerprint density at radius 1 is 1.16 bits per heavy atom. The summed E-state index contributed by atoms with van der Waals surface area (Å²) in [6.07, 6.45) is 4.03. The molecule has 2 aromatic carbocycles. The van der Waals surface area contributed by atoms with Crippen molar-refractivity contribution in [3.63, 3.8) is 0 Å². The predicted molar refractivity (Wildman–Crippen MR) is 144 cm³/mol. The lowest BCUT2D eigenvalue weighted by Crippen LogP contribution is -2.44. The second-order valence-electron chi connectivity index (χ2n) is 9.58. The van der Waals surface area contributed by atoms with Crippen molar-refractivity contribution in [3.8, 4) is 6.07 Å². The van der Waals surface area contributed by atoms with Gasteiger partial charge in [0.1, 0.15) is 28.5 Å². The van der Waals surface area contributed by atoms with Gasteiger partial charge in [-0.1, -0.05) is 55.5 Å². The standard InChI is InChI=1S/C29H30N6O2/c1-2-20-10-6-11-22(14-20)25(36)18-34-19-32-26-24(15-30)28(33-13-7-12-23(31)17-33)35(27(26)29(34)37)16-21-8-4-3-5-9-21/h3-6,8-11,14,19,23H,2,7,12-13,16-18,31H2,1H3/t23-/m0/s1. The van der Waals surface area contributed by atoms with E-state index in [1.54, 1.807) is 6.07 Å². The van der Waals surface area contributed by atoms with E-state index in [0.29, 0.717) is 41.1 Å². The van der Waals surface area contributed by atoms with E-state index in [4.69, 9.17) is 5.73 Å². The van der Waals surface area contributed by atoms with Crippen LogP contribution in [0.15, 0.2) is 65.7 Å².